The fourth-order valence-corrected chi connectivity index (χ4v) is 6.54. The van der Waals surface area contributed by atoms with Gasteiger partial charge in [-0.1, -0.05) is 72.0 Å². The molecule has 0 fully saturated rings. The topological polar surface area (TPSA) is 70.6 Å². The van der Waals surface area contributed by atoms with Crippen LogP contribution in [0.4, 0.5) is 10.8 Å². The first kappa shape index (κ1) is 24.7. The summed E-state index contributed by atoms with van der Waals surface area (Å²) in [5, 5.41) is 0.591. The highest BCUT2D eigenvalue weighted by molar-refractivity contribution is 7.92. The van der Waals surface area contributed by atoms with Crippen molar-refractivity contribution in [3.8, 4) is 0 Å². The molecule has 37 heavy (non-hydrogen) atoms. The molecule has 0 unspecified atom stereocenters. The number of anilines is 2. The molecule has 0 aliphatic heterocycles. The molecule has 1 aromatic heterocycles. The molecule has 186 valence electrons. The van der Waals surface area contributed by atoms with Crippen LogP contribution in [0.25, 0.3) is 10.2 Å². The lowest BCUT2D eigenvalue weighted by molar-refractivity contribution is 0.0985. The van der Waals surface area contributed by atoms with Crippen molar-refractivity contribution in [3.63, 3.8) is 0 Å². The number of benzene rings is 4. The predicted molar refractivity (Wildman–Crippen MR) is 150 cm³/mol. The summed E-state index contributed by atoms with van der Waals surface area (Å²) >= 11 is 1.45. The van der Waals surface area contributed by atoms with Gasteiger partial charge < -0.3 is 0 Å². The minimum atomic E-state index is -3.79. The van der Waals surface area contributed by atoms with Crippen molar-refractivity contribution >= 4 is 48.3 Å². The maximum Gasteiger partial charge on any atom is 0.264 e. The number of nitrogens with zero attached hydrogens (tertiary/aromatic N) is 3. The highest BCUT2D eigenvalue weighted by atomic mass is 32.2. The maximum absolute atomic E-state index is 13.7. The van der Waals surface area contributed by atoms with Crippen LogP contribution in [-0.4, -0.2) is 25.9 Å². The number of carbonyl (C=O) groups is 1. The molecule has 1 heterocycles. The molecule has 4 aromatic carbocycles. The summed E-state index contributed by atoms with van der Waals surface area (Å²) in [5.74, 6) is -0.248. The summed E-state index contributed by atoms with van der Waals surface area (Å²) < 4.78 is 29.1. The quantitative estimate of drug-likeness (QED) is 0.235. The van der Waals surface area contributed by atoms with Crippen LogP contribution in [0.5, 0.6) is 0 Å². The Kier molecular flexibility index (Phi) is 7.03. The van der Waals surface area contributed by atoms with Gasteiger partial charge in [-0.15, -0.1) is 0 Å². The predicted octanol–water partition coefficient (Wildman–Crippen LogP) is 6.36. The van der Waals surface area contributed by atoms with Gasteiger partial charge in [0.2, 0.25) is 0 Å². The van der Waals surface area contributed by atoms with Crippen molar-refractivity contribution in [2.75, 3.05) is 15.7 Å². The van der Waals surface area contributed by atoms with Gasteiger partial charge in [-0.25, -0.2) is 13.4 Å². The molecule has 8 heteroatoms. The third kappa shape index (κ3) is 5.12. The number of thiazole rings is 1. The van der Waals surface area contributed by atoms with Gasteiger partial charge in [0.15, 0.2) is 5.13 Å². The van der Waals surface area contributed by atoms with E-state index >= 15 is 0 Å². The number of hydrogen-bond donors (Lipinski definition) is 0. The Hall–Kier alpha value is -4.01. The van der Waals surface area contributed by atoms with E-state index in [0.717, 1.165) is 15.8 Å². The summed E-state index contributed by atoms with van der Waals surface area (Å²) in [5.41, 5.74) is 2.78. The highest BCUT2D eigenvalue weighted by Gasteiger charge is 2.26. The van der Waals surface area contributed by atoms with Crippen molar-refractivity contribution in [2.24, 2.45) is 0 Å². The fourth-order valence-electron chi connectivity index (χ4n) is 4.11. The molecule has 0 bridgehead atoms. The van der Waals surface area contributed by atoms with Gasteiger partial charge in [0.1, 0.15) is 0 Å². The summed E-state index contributed by atoms with van der Waals surface area (Å²) in [6.45, 7) is 2.43. The van der Waals surface area contributed by atoms with E-state index in [0.29, 0.717) is 22.9 Å². The van der Waals surface area contributed by atoms with Crippen molar-refractivity contribution in [1.29, 1.82) is 0 Å². The van der Waals surface area contributed by atoms with Gasteiger partial charge in [0, 0.05) is 12.1 Å². The van der Waals surface area contributed by atoms with E-state index in [1.54, 1.807) is 48.2 Å². The molecular weight excluding hydrogens is 502 g/mol. The number of para-hydroxylation sites is 2. The number of hydrogen-bond acceptors (Lipinski definition) is 5. The highest BCUT2D eigenvalue weighted by Crippen LogP contribution is 2.31. The summed E-state index contributed by atoms with van der Waals surface area (Å²) in [6, 6.07) is 32.6. The van der Waals surface area contributed by atoms with Gasteiger partial charge in [0.25, 0.3) is 15.9 Å². The summed E-state index contributed by atoms with van der Waals surface area (Å²) in [7, 11) is -3.79. The second kappa shape index (κ2) is 10.5. The molecule has 0 radical (unpaired) electrons. The van der Waals surface area contributed by atoms with Gasteiger partial charge in [0.05, 0.1) is 27.3 Å². The standard InChI is InChI=1S/C29H25N3O3S2/c1-2-32(24-13-7-4-8-14-24)37(34,35)25-19-17-23(18-20-25)28(33)31(21-22-11-5-3-6-12-22)29-30-26-15-9-10-16-27(26)36-29/h3-20H,2,21H2,1H3. The zero-order valence-electron chi connectivity index (χ0n) is 20.2. The molecular formula is C29H25N3O3S2. The molecule has 0 aliphatic carbocycles. The van der Waals surface area contributed by atoms with Crippen LogP contribution < -0.4 is 9.21 Å². The molecule has 1 amide bonds. The normalized spacial score (nSPS) is 11.4. The lowest BCUT2D eigenvalue weighted by Gasteiger charge is -2.23. The van der Waals surface area contributed by atoms with Crippen LogP contribution in [0.1, 0.15) is 22.8 Å². The van der Waals surface area contributed by atoms with Gasteiger partial charge in [-0.3, -0.25) is 14.0 Å². The lowest BCUT2D eigenvalue weighted by Crippen LogP contribution is -2.31. The van der Waals surface area contributed by atoms with E-state index in [2.05, 4.69) is 0 Å². The minimum absolute atomic E-state index is 0.129. The van der Waals surface area contributed by atoms with E-state index in [1.165, 1.54) is 27.8 Å². The zero-order valence-corrected chi connectivity index (χ0v) is 21.8. The molecule has 5 rings (SSSR count). The number of carbonyl (C=O) groups excluding carboxylic acids is 1. The van der Waals surface area contributed by atoms with Crippen LogP contribution in [0.2, 0.25) is 0 Å². The number of rotatable bonds is 8. The Labute approximate surface area is 220 Å². The van der Waals surface area contributed by atoms with Crippen LogP contribution in [0, 0.1) is 0 Å². The van der Waals surface area contributed by atoms with Crippen LogP contribution in [0.15, 0.2) is 114 Å². The van der Waals surface area contributed by atoms with Gasteiger partial charge in [-0.2, -0.15) is 0 Å². The minimum Gasteiger partial charge on any atom is -0.279 e. The molecule has 0 spiro atoms. The Balaban J connectivity index is 1.47. The number of fused-ring (bicyclic) bond motifs is 1. The number of aromatic nitrogens is 1. The first-order valence-electron chi connectivity index (χ1n) is 11.9. The largest absolute Gasteiger partial charge is 0.279 e. The number of sulfonamides is 1. The van der Waals surface area contributed by atoms with E-state index in [4.69, 9.17) is 4.98 Å². The molecule has 0 N–H and O–H groups in total. The Morgan fingerprint density at radius 1 is 0.811 bits per heavy atom. The second-order valence-electron chi connectivity index (χ2n) is 8.37. The van der Waals surface area contributed by atoms with Crippen LogP contribution in [-0.2, 0) is 16.6 Å². The lowest BCUT2D eigenvalue weighted by atomic mass is 10.1. The van der Waals surface area contributed by atoms with Crippen molar-refractivity contribution in [1.82, 2.24) is 4.98 Å². The first-order valence-corrected chi connectivity index (χ1v) is 14.1. The SMILES string of the molecule is CCN(c1ccccc1)S(=O)(=O)c1ccc(C(=O)N(Cc2ccccc2)c2nc3ccccc3s2)cc1. The average Bonchev–Trinajstić information content (AvgIpc) is 3.37. The Morgan fingerprint density at radius 3 is 2.08 bits per heavy atom. The molecule has 0 atom stereocenters. The van der Waals surface area contributed by atoms with Crippen molar-refractivity contribution in [2.45, 2.75) is 18.4 Å². The maximum atomic E-state index is 13.7. The first-order chi connectivity index (χ1) is 18.0. The van der Waals surface area contributed by atoms with E-state index in [-0.39, 0.29) is 17.3 Å². The monoisotopic (exact) mass is 527 g/mol. The third-order valence-electron chi connectivity index (χ3n) is 5.96. The summed E-state index contributed by atoms with van der Waals surface area (Å²) in [6.07, 6.45) is 0. The molecule has 0 saturated carbocycles. The Morgan fingerprint density at radius 2 is 1.43 bits per heavy atom. The third-order valence-corrected chi connectivity index (χ3v) is 8.94. The molecule has 5 aromatic rings. The van der Waals surface area contributed by atoms with E-state index < -0.39 is 10.0 Å². The number of amides is 1. The molecule has 0 aliphatic rings. The van der Waals surface area contributed by atoms with Crippen molar-refractivity contribution < 1.29 is 13.2 Å². The second-order valence-corrected chi connectivity index (χ2v) is 11.2. The van der Waals surface area contributed by atoms with Gasteiger partial charge in [-0.05, 0) is 61.0 Å². The molecule has 0 saturated heterocycles. The van der Waals surface area contributed by atoms with E-state index in [9.17, 15) is 13.2 Å². The zero-order chi connectivity index (χ0) is 25.8. The van der Waals surface area contributed by atoms with Crippen LogP contribution in [0.3, 0.4) is 0 Å². The van der Waals surface area contributed by atoms with E-state index in [1.807, 2.05) is 60.7 Å². The summed E-state index contributed by atoms with van der Waals surface area (Å²) in [4.78, 5) is 20.2. The van der Waals surface area contributed by atoms with Crippen molar-refractivity contribution in [3.05, 3.63) is 120 Å². The van der Waals surface area contributed by atoms with Crippen LogP contribution >= 0.6 is 11.3 Å². The Bertz CT molecular complexity index is 1580. The average molecular weight is 528 g/mol. The smallest absolute Gasteiger partial charge is 0.264 e. The fraction of sp³-hybridized carbons (Fsp3) is 0.103. The van der Waals surface area contributed by atoms with Gasteiger partial charge >= 0.3 is 0 Å². The molecule has 6 nitrogen and oxygen atoms in total.